The Morgan fingerprint density at radius 1 is 1.24 bits per heavy atom. The Hall–Kier alpha value is -0.500. The molecule has 1 saturated carbocycles. The molecule has 3 N–H and O–H groups in total. The molecular weight excluding hydrogens is 445 g/mol. The summed E-state index contributed by atoms with van der Waals surface area (Å²) in [6.45, 7) is 1.11. The fourth-order valence-corrected chi connectivity index (χ4v) is 2.63. The molecule has 1 aliphatic carbocycles. The predicted molar refractivity (Wildman–Crippen MR) is 102 cm³/mol. The molecule has 2 rings (SSSR count). The lowest BCUT2D eigenvalue weighted by atomic mass is 9.96. The van der Waals surface area contributed by atoms with Crippen LogP contribution in [-0.4, -0.2) is 25.2 Å². The second-order valence-corrected chi connectivity index (χ2v) is 5.96. The molecule has 0 spiro atoms. The standard InChI is InChI=1S/C15H22BrN3O.HI/c16-12-6-8-14(9-7-12)20-11-10-18-15(17)19-13-4-2-1-3-5-13;/h6-9,13H,1-5,10-11H2,(H3,17,18,19);1H. The lowest BCUT2D eigenvalue weighted by Crippen LogP contribution is -2.41. The van der Waals surface area contributed by atoms with E-state index >= 15 is 0 Å². The molecule has 0 heterocycles. The molecular formula is C15H23BrIN3O. The van der Waals surface area contributed by atoms with Crippen molar-refractivity contribution in [3.8, 4) is 5.75 Å². The molecule has 0 saturated heterocycles. The molecule has 6 heteroatoms. The van der Waals surface area contributed by atoms with E-state index in [4.69, 9.17) is 10.5 Å². The van der Waals surface area contributed by atoms with E-state index in [1.165, 1.54) is 32.1 Å². The summed E-state index contributed by atoms with van der Waals surface area (Å²) in [5, 5.41) is 3.29. The number of guanidine groups is 1. The zero-order chi connectivity index (χ0) is 14.2. The van der Waals surface area contributed by atoms with Gasteiger partial charge in [0.05, 0.1) is 6.54 Å². The molecule has 0 unspecified atom stereocenters. The summed E-state index contributed by atoms with van der Waals surface area (Å²) in [6.07, 6.45) is 6.32. The van der Waals surface area contributed by atoms with Crippen molar-refractivity contribution >= 4 is 45.9 Å². The minimum atomic E-state index is 0. The maximum absolute atomic E-state index is 5.88. The number of halogens is 2. The molecule has 1 aliphatic rings. The monoisotopic (exact) mass is 467 g/mol. The van der Waals surface area contributed by atoms with Crippen LogP contribution in [0.15, 0.2) is 33.7 Å². The van der Waals surface area contributed by atoms with Crippen molar-refractivity contribution in [1.29, 1.82) is 0 Å². The van der Waals surface area contributed by atoms with Crippen LogP contribution in [-0.2, 0) is 0 Å². The highest BCUT2D eigenvalue weighted by Gasteiger charge is 2.12. The average Bonchev–Trinajstić information content (AvgIpc) is 2.46. The Morgan fingerprint density at radius 2 is 1.90 bits per heavy atom. The van der Waals surface area contributed by atoms with E-state index in [1.54, 1.807) is 0 Å². The van der Waals surface area contributed by atoms with Crippen molar-refractivity contribution in [3.63, 3.8) is 0 Å². The van der Waals surface area contributed by atoms with Gasteiger partial charge in [0.15, 0.2) is 5.96 Å². The van der Waals surface area contributed by atoms with Crippen molar-refractivity contribution in [2.45, 2.75) is 38.1 Å². The number of nitrogens with two attached hydrogens (primary N) is 1. The first-order valence-corrected chi connectivity index (χ1v) is 7.98. The zero-order valence-electron chi connectivity index (χ0n) is 12.1. The van der Waals surface area contributed by atoms with Crippen LogP contribution in [0.2, 0.25) is 0 Å². The van der Waals surface area contributed by atoms with E-state index in [-0.39, 0.29) is 24.0 Å². The molecule has 0 aromatic heterocycles. The molecule has 1 fully saturated rings. The molecule has 1 aromatic rings. The minimum Gasteiger partial charge on any atom is -0.492 e. The number of hydrogen-bond donors (Lipinski definition) is 2. The third kappa shape index (κ3) is 7.35. The van der Waals surface area contributed by atoms with Crippen molar-refractivity contribution in [1.82, 2.24) is 5.32 Å². The summed E-state index contributed by atoms with van der Waals surface area (Å²) in [4.78, 5) is 4.30. The van der Waals surface area contributed by atoms with Crippen LogP contribution in [0.1, 0.15) is 32.1 Å². The normalized spacial score (nSPS) is 16.1. The zero-order valence-corrected chi connectivity index (χ0v) is 16.0. The second kappa shape index (κ2) is 10.3. The molecule has 4 nitrogen and oxygen atoms in total. The molecule has 0 bridgehead atoms. The minimum absolute atomic E-state index is 0. The lowest BCUT2D eigenvalue weighted by molar-refractivity contribution is 0.328. The molecule has 21 heavy (non-hydrogen) atoms. The van der Waals surface area contributed by atoms with Gasteiger partial charge in [-0.2, -0.15) is 0 Å². The molecule has 118 valence electrons. The summed E-state index contributed by atoms with van der Waals surface area (Å²) in [6, 6.07) is 8.27. The first-order chi connectivity index (χ1) is 9.74. The fourth-order valence-electron chi connectivity index (χ4n) is 2.36. The van der Waals surface area contributed by atoms with Crippen LogP contribution in [0, 0.1) is 0 Å². The molecule has 0 aliphatic heterocycles. The highest BCUT2D eigenvalue weighted by atomic mass is 127. The Bertz CT molecular complexity index is 433. The highest BCUT2D eigenvalue weighted by molar-refractivity contribution is 14.0. The van der Waals surface area contributed by atoms with Gasteiger partial charge in [0, 0.05) is 10.5 Å². The summed E-state index contributed by atoms with van der Waals surface area (Å²) < 4.78 is 6.64. The van der Waals surface area contributed by atoms with Crippen LogP contribution in [0.25, 0.3) is 0 Å². The Balaban J connectivity index is 0.00000220. The number of nitrogens with zero attached hydrogens (tertiary/aromatic N) is 1. The lowest BCUT2D eigenvalue weighted by Gasteiger charge is -2.23. The van der Waals surface area contributed by atoms with Crippen LogP contribution < -0.4 is 15.8 Å². The summed E-state index contributed by atoms with van der Waals surface area (Å²) in [5.41, 5.74) is 5.88. The SMILES string of the molecule is I.NC(=NCCOc1ccc(Br)cc1)NC1CCCCC1. The molecule has 1 aromatic carbocycles. The smallest absolute Gasteiger partial charge is 0.188 e. The topological polar surface area (TPSA) is 59.6 Å². The third-order valence-corrected chi connectivity index (χ3v) is 3.94. The van der Waals surface area contributed by atoms with Crippen molar-refractivity contribution in [3.05, 3.63) is 28.7 Å². The number of aliphatic imine (C=N–C) groups is 1. The Kier molecular flexibility index (Phi) is 9.07. The van der Waals surface area contributed by atoms with Gasteiger partial charge in [-0.3, -0.25) is 0 Å². The Labute approximate surface area is 152 Å². The van der Waals surface area contributed by atoms with Crippen molar-refractivity contribution in [2.24, 2.45) is 10.7 Å². The van der Waals surface area contributed by atoms with Crippen LogP contribution >= 0.6 is 39.9 Å². The van der Waals surface area contributed by atoms with E-state index in [9.17, 15) is 0 Å². The number of ether oxygens (including phenoxy) is 1. The van der Waals surface area contributed by atoms with Gasteiger partial charge in [-0.15, -0.1) is 24.0 Å². The van der Waals surface area contributed by atoms with E-state index in [1.807, 2.05) is 24.3 Å². The average molecular weight is 468 g/mol. The van der Waals surface area contributed by atoms with E-state index < -0.39 is 0 Å². The second-order valence-electron chi connectivity index (χ2n) is 5.05. The maximum atomic E-state index is 5.88. The van der Waals surface area contributed by atoms with Crippen molar-refractivity contribution < 1.29 is 4.74 Å². The van der Waals surface area contributed by atoms with E-state index in [0.29, 0.717) is 25.2 Å². The molecule has 0 amide bonds. The van der Waals surface area contributed by atoms with Gasteiger partial charge in [0.1, 0.15) is 12.4 Å². The summed E-state index contributed by atoms with van der Waals surface area (Å²) >= 11 is 3.39. The van der Waals surface area contributed by atoms with Crippen LogP contribution in [0.3, 0.4) is 0 Å². The van der Waals surface area contributed by atoms with Gasteiger partial charge < -0.3 is 15.8 Å². The van der Waals surface area contributed by atoms with Gasteiger partial charge in [-0.05, 0) is 37.1 Å². The number of nitrogens with one attached hydrogen (secondary N) is 1. The molecule has 0 radical (unpaired) electrons. The first kappa shape index (κ1) is 18.5. The summed E-state index contributed by atoms with van der Waals surface area (Å²) in [7, 11) is 0. The van der Waals surface area contributed by atoms with E-state index in [0.717, 1.165) is 10.2 Å². The van der Waals surface area contributed by atoms with Crippen LogP contribution in [0.4, 0.5) is 0 Å². The number of hydrogen-bond acceptors (Lipinski definition) is 2. The van der Waals surface area contributed by atoms with Gasteiger partial charge >= 0.3 is 0 Å². The van der Waals surface area contributed by atoms with Gasteiger partial charge in [0.2, 0.25) is 0 Å². The largest absolute Gasteiger partial charge is 0.492 e. The summed E-state index contributed by atoms with van der Waals surface area (Å²) in [5.74, 6) is 1.39. The predicted octanol–water partition coefficient (Wildman–Crippen LogP) is 3.68. The van der Waals surface area contributed by atoms with Crippen molar-refractivity contribution in [2.75, 3.05) is 13.2 Å². The molecule has 0 atom stereocenters. The van der Waals surface area contributed by atoms with Gasteiger partial charge in [-0.1, -0.05) is 35.2 Å². The van der Waals surface area contributed by atoms with Gasteiger partial charge in [-0.25, -0.2) is 4.99 Å². The van der Waals surface area contributed by atoms with Gasteiger partial charge in [0.25, 0.3) is 0 Å². The Morgan fingerprint density at radius 3 is 2.57 bits per heavy atom. The highest BCUT2D eigenvalue weighted by Crippen LogP contribution is 2.17. The van der Waals surface area contributed by atoms with Crippen LogP contribution in [0.5, 0.6) is 5.75 Å². The number of benzene rings is 1. The first-order valence-electron chi connectivity index (χ1n) is 7.19. The number of rotatable bonds is 5. The fraction of sp³-hybridized carbons (Fsp3) is 0.533. The quantitative estimate of drug-likeness (QED) is 0.300. The van der Waals surface area contributed by atoms with E-state index in [2.05, 4.69) is 26.2 Å². The third-order valence-electron chi connectivity index (χ3n) is 3.41. The maximum Gasteiger partial charge on any atom is 0.188 e.